The van der Waals surface area contributed by atoms with Crippen molar-refractivity contribution in [2.45, 2.75) is 13.1 Å². The molecule has 1 aliphatic heterocycles. The molecule has 0 aromatic heterocycles. The fourth-order valence-corrected chi connectivity index (χ4v) is 2.54. The van der Waals surface area contributed by atoms with Crippen molar-refractivity contribution in [2.24, 2.45) is 5.73 Å². The molecule has 2 aromatic carbocycles. The van der Waals surface area contributed by atoms with E-state index in [-0.39, 0.29) is 0 Å². The van der Waals surface area contributed by atoms with Gasteiger partial charge in [-0.05, 0) is 35.4 Å². The minimum atomic E-state index is -0.397. The Morgan fingerprint density at radius 1 is 1.05 bits per heavy atom. The van der Waals surface area contributed by atoms with Gasteiger partial charge in [-0.3, -0.25) is 4.79 Å². The highest BCUT2D eigenvalue weighted by atomic mass is 16.1. The molecule has 0 spiro atoms. The molecule has 19 heavy (non-hydrogen) atoms. The van der Waals surface area contributed by atoms with Gasteiger partial charge in [-0.15, -0.1) is 0 Å². The van der Waals surface area contributed by atoms with E-state index in [1.807, 2.05) is 36.4 Å². The van der Waals surface area contributed by atoms with Gasteiger partial charge < -0.3 is 16.4 Å². The number of primary amides is 1. The van der Waals surface area contributed by atoms with Gasteiger partial charge in [-0.25, -0.2) is 0 Å². The van der Waals surface area contributed by atoms with Crippen LogP contribution in [0.1, 0.15) is 21.5 Å². The lowest BCUT2D eigenvalue weighted by atomic mass is 10.1. The van der Waals surface area contributed by atoms with E-state index in [9.17, 15) is 4.79 Å². The normalized spacial score (nSPS) is 13.4. The third-order valence-corrected chi connectivity index (χ3v) is 3.46. The number of hydrogen-bond acceptors (Lipinski definition) is 3. The highest BCUT2D eigenvalue weighted by Gasteiger charge is 2.22. The van der Waals surface area contributed by atoms with E-state index < -0.39 is 5.91 Å². The van der Waals surface area contributed by atoms with Gasteiger partial charge in [0.15, 0.2) is 0 Å². The number of nitrogens with zero attached hydrogens (tertiary/aromatic N) is 1. The number of carbonyl (C=O) groups is 1. The molecule has 0 aliphatic carbocycles. The Balaban J connectivity index is 1.97. The molecule has 4 nitrogen and oxygen atoms in total. The Hall–Kier alpha value is -2.49. The summed E-state index contributed by atoms with van der Waals surface area (Å²) in [7, 11) is 0. The Kier molecular flexibility index (Phi) is 2.63. The van der Waals surface area contributed by atoms with Gasteiger partial charge in [-0.2, -0.15) is 0 Å². The monoisotopic (exact) mass is 253 g/mol. The Morgan fingerprint density at radius 2 is 1.79 bits per heavy atom. The zero-order chi connectivity index (χ0) is 13.4. The number of benzene rings is 2. The summed E-state index contributed by atoms with van der Waals surface area (Å²) < 4.78 is 0. The predicted molar refractivity (Wildman–Crippen MR) is 75.7 cm³/mol. The molecule has 4 heteroatoms. The summed E-state index contributed by atoms with van der Waals surface area (Å²) in [6.45, 7) is 1.53. The van der Waals surface area contributed by atoms with Crippen molar-refractivity contribution in [1.29, 1.82) is 0 Å². The lowest BCUT2D eigenvalue weighted by molar-refractivity contribution is 0.100. The van der Waals surface area contributed by atoms with Crippen LogP contribution in [-0.4, -0.2) is 5.91 Å². The number of rotatable bonds is 2. The molecule has 4 N–H and O–H groups in total. The first-order valence-corrected chi connectivity index (χ1v) is 6.16. The molecule has 1 heterocycles. The van der Waals surface area contributed by atoms with Gasteiger partial charge in [0.25, 0.3) is 5.91 Å². The summed E-state index contributed by atoms with van der Waals surface area (Å²) in [5.74, 6) is -0.397. The van der Waals surface area contributed by atoms with Crippen molar-refractivity contribution < 1.29 is 4.79 Å². The van der Waals surface area contributed by atoms with Gasteiger partial charge in [0.1, 0.15) is 0 Å². The maximum absolute atomic E-state index is 11.5. The van der Waals surface area contributed by atoms with Gasteiger partial charge in [0, 0.05) is 18.8 Å². The van der Waals surface area contributed by atoms with Crippen molar-refractivity contribution in [1.82, 2.24) is 0 Å². The van der Waals surface area contributed by atoms with Crippen LogP contribution in [0.15, 0.2) is 42.5 Å². The number of para-hydroxylation sites is 1. The van der Waals surface area contributed by atoms with E-state index in [1.54, 1.807) is 6.07 Å². The number of nitrogen functional groups attached to an aromatic ring is 1. The van der Waals surface area contributed by atoms with Crippen LogP contribution in [0.4, 0.5) is 11.4 Å². The molecule has 0 saturated heterocycles. The topological polar surface area (TPSA) is 72.4 Å². The van der Waals surface area contributed by atoms with E-state index in [4.69, 9.17) is 11.5 Å². The minimum absolute atomic E-state index is 0.397. The molecule has 0 fully saturated rings. The number of nitrogens with two attached hydrogens (primary N) is 2. The summed E-state index contributed by atoms with van der Waals surface area (Å²) in [5.41, 5.74) is 15.9. The largest absolute Gasteiger partial charge is 0.399 e. The van der Waals surface area contributed by atoms with Crippen LogP contribution in [0.25, 0.3) is 0 Å². The summed E-state index contributed by atoms with van der Waals surface area (Å²) in [6, 6.07) is 13.4. The lowest BCUT2D eigenvalue weighted by Gasteiger charge is -2.20. The molecule has 0 saturated carbocycles. The fourth-order valence-electron chi connectivity index (χ4n) is 2.54. The highest BCUT2D eigenvalue weighted by molar-refractivity contribution is 5.98. The van der Waals surface area contributed by atoms with Crippen molar-refractivity contribution in [3.8, 4) is 0 Å². The number of fused-ring (bicyclic) bond motifs is 1. The number of anilines is 2. The SMILES string of the molecule is NC(=O)c1ccccc1N1Cc2ccc(N)cc2C1. The molecule has 96 valence electrons. The maximum atomic E-state index is 11.5. The zero-order valence-electron chi connectivity index (χ0n) is 10.5. The molecule has 3 rings (SSSR count). The first kappa shape index (κ1) is 11.6. The van der Waals surface area contributed by atoms with E-state index in [0.717, 1.165) is 24.5 Å². The molecular formula is C15H15N3O. The minimum Gasteiger partial charge on any atom is -0.399 e. The summed E-state index contributed by atoms with van der Waals surface area (Å²) in [4.78, 5) is 13.6. The highest BCUT2D eigenvalue weighted by Crippen LogP contribution is 2.31. The third-order valence-electron chi connectivity index (χ3n) is 3.46. The van der Waals surface area contributed by atoms with Crippen LogP contribution in [0, 0.1) is 0 Å². The standard InChI is InChI=1S/C15H15N3O/c16-12-6-5-10-8-18(9-11(10)7-12)14-4-2-1-3-13(14)15(17)19/h1-7H,8-9,16H2,(H2,17,19). The number of hydrogen-bond donors (Lipinski definition) is 2. The van der Waals surface area contributed by atoms with Gasteiger partial charge in [0.2, 0.25) is 0 Å². The Labute approximate surface area is 111 Å². The van der Waals surface area contributed by atoms with E-state index in [0.29, 0.717) is 5.56 Å². The molecule has 0 atom stereocenters. The number of carbonyl (C=O) groups excluding carboxylic acids is 1. The Morgan fingerprint density at radius 3 is 2.58 bits per heavy atom. The van der Waals surface area contributed by atoms with Gasteiger partial charge in [0.05, 0.1) is 11.3 Å². The van der Waals surface area contributed by atoms with Gasteiger partial charge in [-0.1, -0.05) is 18.2 Å². The van der Waals surface area contributed by atoms with Crippen molar-refractivity contribution in [2.75, 3.05) is 10.6 Å². The summed E-state index contributed by atoms with van der Waals surface area (Å²) in [5, 5.41) is 0. The average Bonchev–Trinajstić information content (AvgIpc) is 2.81. The van der Waals surface area contributed by atoms with E-state index >= 15 is 0 Å². The summed E-state index contributed by atoms with van der Waals surface area (Å²) in [6.07, 6.45) is 0. The quantitative estimate of drug-likeness (QED) is 0.803. The van der Waals surface area contributed by atoms with Crippen molar-refractivity contribution in [3.05, 3.63) is 59.2 Å². The van der Waals surface area contributed by atoms with Gasteiger partial charge >= 0.3 is 0 Å². The molecular weight excluding hydrogens is 238 g/mol. The Bertz CT molecular complexity index is 652. The maximum Gasteiger partial charge on any atom is 0.250 e. The van der Waals surface area contributed by atoms with Crippen molar-refractivity contribution >= 4 is 17.3 Å². The molecule has 0 bridgehead atoms. The smallest absolute Gasteiger partial charge is 0.250 e. The zero-order valence-corrected chi connectivity index (χ0v) is 10.5. The second-order valence-electron chi connectivity index (χ2n) is 4.77. The van der Waals surface area contributed by atoms with Crippen LogP contribution in [0.2, 0.25) is 0 Å². The fraction of sp³-hybridized carbons (Fsp3) is 0.133. The van der Waals surface area contributed by atoms with Crippen LogP contribution >= 0.6 is 0 Å². The van der Waals surface area contributed by atoms with Crippen LogP contribution in [0.5, 0.6) is 0 Å². The molecule has 0 radical (unpaired) electrons. The molecule has 1 aliphatic rings. The summed E-state index contributed by atoms with van der Waals surface area (Å²) >= 11 is 0. The second kappa shape index (κ2) is 4.31. The van der Waals surface area contributed by atoms with Crippen molar-refractivity contribution in [3.63, 3.8) is 0 Å². The van der Waals surface area contributed by atoms with E-state index in [2.05, 4.69) is 4.90 Å². The first-order valence-electron chi connectivity index (χ1n) is 6.16. The van der Waals surface area contributed by atoms with Crippen LogP contribution in [-0.2, 0) is 13.1 Å². The van der Waals surface area contributed by atoms with E-state index in [1.165, 1.54) is 11.1 Å². The van der Waals surface area contributed by atoms with Crippen LogP contribution < -0.4 is 16.4 Å². The average molecular weight is 253 g/mol. The molecule has 1 amide bonds. The van der Waals surface area contributed by atoms with Crippen LogP contribution in [0.3, 0.4) is 0 Å². The second-order valence-corrected chi connectivity index (χ2v) is 4.77. The molecule has 2 aromatic rings. The third kappa shape index (κ3) is 2.01. The number of amides is 1. The first-order chi connectivity index (χ1) is 9.15. The predicted octanol–water partition coefficient (Wildman–Crippen LogP) is 1.89. The lowest BCUT2D eigenvalue weighted by Crippen LogP contribution is -2.20. The molecule has 0 unspecified atom stereocenters.